The second-order valence-corrected chi connectivity index (χ2v) is 7.84. The molecule has 8 heteroatoms. The smallest absolute Gasteiger partial charge is 0.165 e. The first-order valence-electron chi connectivity index (χ1n) is 10.4. The third-order valence-electron chi connectivity index (χ3n) is 5.85. The average molecular weight is 445 g/mol. The van der Waals surface area contributed by atoms with Crippen LogP contribution >= 0.6 is 0 Å². The number of aromatic nitrogens is 1. The van der Waals surface area contributed by atoms with Crippen molar-refractivity contribution in [2.24, 2.45) is 5.73 Å². The van der Waals surface area contributed by atoms with Gasteiger partial charge in [-0.2, -0.15) is 10.5 Å². The highest BCUT2D eigenvalue weighted by atomic mass is 19.1. The number of benzene rings is 2. The number of piperidine rings is 1. The van der Waals surface area contributed by atoms with Gasteiger partial charge in [0.25, 0.3) is 0 Å². The fourth-order valence-electron chi connectivity index (χ4n) is 4.07. The molecule has 0 spiro atoms. The van der Waals surface area contributed by atoms with Crippen LogP contribution in [0.2, 0.25) is 0 Å². The van der Waals surface area contributed by atoms with Gasteiger partial charge in [0.2, 0.25) is 0 Å². The summed E-state index contributed by atoms with van der Waals surface area (Å²) in [6, 6.07) is 12.7. The van der Waals surface area contributed by atoms with Gasteiger partial charge in [-0.25, -0.2) is 13.8 Å². The van der Waals surface area contributed by atoms with Crippen molar-refractivity contribution in [1.29, 1.82) is 10.5 Å². The highest BCUT2D eigenvalue weighted by Crippen LogP contribution is 2.40. The van der Waals surface area contributed by atoms with Crippen molar-refractivity contribution >= 4 is 5.82 Å². The first-order chi connectivity index (χ1) is 16.0. The van der Waals surface area contributed by atoms with Crippen LogP contribution in [0, 0.1) is 34.3 Å². The summed E-state index contributed by atoms with van der Waals surface area (Å²) in [6.45, 7) is 1.28. The van der Waals surface area contributed by atoms with Gasteiger partial charge in [0.15, 0.2) is 11.6 Å². The minimum atomic E-state index is -0.701. The van der Waals surface area contributed by atoms with Crippen LogP contribution in [0.4, 0.5) is 14.6 Å². The fourth-order valence-corrected chi connectivity index (χ4v) is 4.07. The molecule has 33 heavy (non-hydrogen) atoms. The largest absolute Gasteiger partial charge is 0.494 e. The Labute approximate surface area is 190 Å². The zero-order valence-electron chi connectivity index (χ0n) is 18.0. The van der Waals surface area contributed by atoms with Gasteiger partial charge in [-0.3, -0.25) is 0 Å². The third kappa shape index (κ3) is 4.21. The van der Waals surface area contributed by atoms with Crippen LogP contribution in [-0.2, 0) is 0 Å². The summed E-state index contributed by atoms with van der Waals surface area (Å²) in [5.74, 6) is -0.714. The van der Waals surface area contributed by atoms with E-state index in [2.05, 4.69) is 11.1 Å². The molecule has 2 heterocycles. The number of pyridine rings is 1. The van der Waals surface area contributed by atoms with Gasteiger partial charge in [0.05, 0.1) is 12.7 Å². The number of halogens is 2. The Hall–Kier alpha value is -4.01. The normalized spacial score (nSPS) is 13.9. The number of hydrogen-bond donors (Lipinski definition) is 1. The summed E-state index contributed by atoms with van der Waals surface area (Å²) in [5.41, 5.74) is 7.92. The van der Waals surface area contributed by atoms with Gasteiger partial charge < -0.3 is 15.4 Å². The summed E-state index contributed by atoms with van der Waals surface area (Å²) in [7, 11) is 1.37. The maximum absolute atomic E-state index is 14.5. The molecule has 0 bridgehead atoms. The average Bonchev–Trinajstić information content (AvgIpc) is 2.83. The number of hydrogen-bond acceptors (Lipinski definition) is 6. The number of nitrogens with two attached hydrogens (primary N) is 1. The van der Waals surface area contributed by atoms with E-state index in [9.17, 15) is 14.0 Å². The lowest BCUT2D eigenvalue weighted by Gasteiger charge is -2.32. The molecular weight excluding hydrogens is 424 g/mol. The molecule has 1 aliphatic heterocycles. The standard InChI is InChI=1S/C25H21F2N5O/c1-33-23-5-4-15(10-22(23)27)20-14-31-25(32-8-6-18(30)7-9-32)19(13-29)24(20)16-2-3-17(12-28)21(26)11-16/h2-5,10-11,14,18H,6-9,30H2,1H3. The molecule has 0 atom stereocenters. The van der Waals surface area contributed by atoms with Gasteiger partial charge in [-0.15, -0.1) is 0 Å². The molecule has 0 unspecified atom stereocenters. The minimum absolute atomic E-state index is 0.0828. The van der Waals surface area contributed by atoms with E-state index in [1.54, 1.807) is 24.4 Å². The lowest BCUT2D eigenvalue weighted by Crippen LogP contribution is -2.40. The van der Waals surface area contributed by atoms with Gasteiger partial charge in [-0.1, -0.05) is 12.1 Å². The van der Waals surface area contributed by atoms with Crippen molar-refractivity contribution in [3.05, 3.63) is 65.4 Å². The molecule has 2 N–H and O–H groups in total. The molecule has 0 amide bonds. The molecule has 1 fully saturated rings. The molecule has 4 rings (SSSR count). The highest BCUT2D eigenvalue weighted by molar-refractivity contribution is 5.90. The molecule has 2 aromatic carbocycles. The lowest BCUT2D eigenvalue weighted by atomic mass is 9.91. The summed E-state index contributed by atoms with van der Waals surface area (Å²) < 4.78 is 34.0. The van der Waals surface area contributed by atoms with Crippen LogP contribution < -0.4 is 15.4 Å². The van der Waals surface area contributed by atoms with E-state index in [4.69, 9.17) is 15.7 Å². The second kappa shape index (κ2) is 9.23. The Morgan fingerprint density at radius 1 is 1.03 bits per heavy atom. The zero-order valence-corrected chi connectivity index (χ0v) is 18.0. The van der Waals surface area contributed by atoms with Crippen LogP contribution in [0.15, 0.2) is 42.6 Å². The Kier molecular flexibility index (Phi) is 6.21. The van der Waals surface area contributed by atoms with E-state index in [1.165, 1.54) is 31.4 Å². The van der Waals surface area contributed by atoms with Crippen LogP contribution in [0.25, 0.3) is 22.3 Å². The summed E-state index contributed by atoms with van der Waals surface area (Å²) in [5, 5.41) is 19.2. The number of rotatable bonds is 4. The van der Waals surface area contributed by atoms with E-state index in [-0.39, 0.29) is 22.9 Å². The van der Waals surface area contributed by atoms with E-state index in [0.29, 0.717) is 41.2 Å². The molecular formula is C25H21F2N5O. The molecule has 6 nitrogen and oxygen atoms in total. The van der Waals surface area contributed by atoms with E-state index in [1.807, 2.05) is 4.90 Å². The van der Waals surface area contributed by atoms with Crippen LogP contribution in [0.3, 0.4) is 0 Å². The van der Waals surface area contributed by atoms with Gasteiger partial charge in [-0.05, 0) is 48.2 Å². The quantitative estimate of drug-likeness (QED) is 0.640. The molecule has 3 aromatic rings. The van der Waals surface area contributed by atoms with Crippen molar-refractivity contribution in [3.63, 3.8) is 0 Å². The predicted molar refractivity (Wildman–Crippen MR) is 120 cm³/mol. The molecule has 1 saturated heterocycles. The van der Waals surface area contributed by atoms with Gasteiger partial charge in [0.1, 0.15) is 29.3 Å². The topological polar surface area (TPSA) is 99.0 Å². The van der Waals surface area contributed by atoms with Crippen molar-refractivity contribution in [1.82, 2.24) is 4.98 Å². The first-order valence-corrected chi connectivity index (χ1v) is 10.4. The van der Waals surface area contributed by atoms with E-state index < -0.39 is 11.6 Å². The molecule has 166 valence electrons. The lowest BCUT2D eigenvalue weighted by molar-refractivity contribution is 0.386. The Bertz CT molecular complexity index is 1290. The molecule has 1 aromatic heterocycles. The summed E-state index contributed by atoms with van der Waals surface area (Å²) in [6.07, 6.45) is 3.09. The SMILES string of the molecule is COc1ccc(-c2cnc(N3CCC(N)CC3)c(C#N)c2-c2ccc(C#N)c(F)c2)cc1F. The van der Waals surface area contributed by atoms with Crippen molar-refractivity contribution in [2.75, 3.05) is 25.1 Å². The maximum Gasteiger partial charge on any atom is 0.165 e. The summed E-state index contributed by atoms with van der Waals surface area (Å²) in [4.78, 5) is 6.54. The summed E-state index contributed by atoms with van der Waals surface area (Å²) >= 11 is 0. The molecule has 0 aliphatic carbocycles. The Balaban J connectivity index is 1.95. The monoisotopic (exact) mass is 445 g/mol. The molecule has 0 radical (unpaired) electrons. The third-order valence-corrected chi connectivity index (χ3v) is 5.85. The zero-order chi connectivity index (χ0) is 23.5. The Morgan fingerprint density at radius 3 is 2.33 bits per heavy atom. The van der Waals surface area contributed by atoms with Crippen LogP contribution in [0.1, 0.15) is 24.0 Å². The van der Waals surface area contributed by atoms with Crippen molar-refractivity contribution < 1.29 is 13.5 Å². The first kappa shape index (κ1) is 22.2. The van der Waals surface area contributed by atoms with Gasteiger partial charge >= 0.3 is 0 Å². The van der Waals surface area contributed by atoms with Crippen molar-refractivity contribution in [3.8, 4) is 40.1 Å². The fraction of sp³-hybridized carbons (Fsp3) is 0.240. The number of nitriles is 2. The molecule has 0 saturated carbocycles. The maximum atomic E-state index is 14.5. The number of methoxy groups -OCH3 is 1. The molecule has 1 aliphatic rings. The Morgan fingerprint density at radius 2 is 1.73 bits per heavy atom. The van der Waals surface area contributed by atoms with Gasteiger partial charge in [0, 0.05) is 36.5 Å². The number of nitrogens with zero attached hydrogens (tertiary/aromatic N) is 4. The predicted octanol–water partition coefficient (Wildman–Crippen LogP) is 4.37. The van der Waals surface area contributed by atoms with E-state index >= 15 is 0 Å². The second-order valence-electron chi connectivity index (χ2n) is 7.84. The highest BCUT2D eigenvalue weighted by Gasteiger charge is 2.25. The minimum Gasteiger partial charge on any atom is -0.494 e. The van der Waals surface area contributed by atoms with E-state index in [0.717, 1.165) is 12.8 Å². The number of anilines is 1. The van der Waals surface area contributed by atoms with Crippen molar-refractivity contribution in [2.45, 2.75) is 18.9 Å². The van der Waals surface area contributed by atoms with Crippen LogP contribution in [0.5, 0.6) is 5.75 Å². The van der Waals surface area contributed by atoms with Crippen LogP contribution in [-0.4, -0.2) is 31.2 Å². The number of ether oxygens (including phenoxy) is 1.